The summed E-state index contributed by atoms with van der Waals surface area (Å²) in [4.78, 5) is 0. The van der Waals surface area contributed by atoms with Crippen molar-refractivity contribution in [3.05, 3.63) is 0 Å². The fraction of sp³-hybridized carbons (Fsp3) is 0.818. The maximum atomic E-state index is 4.18. The lowest BCUT2D eigenvalue weighted by molar-refractivity contribution is 0.488. The SMILES string of the molecule is CCC(CC)NCC(C)Sc1nnc(SC)s1. The summed E-state index contributed by atoms with van der Waals surface area (Å²) >= 11 is 5.15. The molecule has 98 valence electrons. The number of rotatable bonds is 8. The first-order valence-electron chi connectivity index (χ1n) is 5.97. The summed E-state index contributed by atoms with van der Waals surface area (Å²) in [6.45, 7) is 7.73. The zero-order valence-corrected chi connectivity index (χ0v) is 13.3. The molecule has 0 aromatic carbocycles. The quantitative estimate of drug-likeness (QED) is 0.742. The highest BCUT2D eigenvalue weighted by Gasteiger charge is 2.11. The van der Waals surface area contributed by atoms with Gasteiger partial charge in [0.15, 0.2) is 8.68 Å². The highest BCUT2D eigenvalue weighted by Crippen LogP contribution is 2.29. The number of hydrogen-bond acceptors (Lipinski definition) is 6. The van der Waals surface area contributed by atoms with Gasteiger partial charge in [0, 0.05) is 17.8 Å². The second-order valence-electron chi connectivity index (χ2n) is 3.89. The molecule has 1 unspecified atom stereocenters. The van der Waals surface area contributed by atoms with Crippen LogP contribution in [-0.4, -0.2) is 34.3 Å². The fourth-order valence-electron chi connectivity index (χ4n) is 1.45. The Morgan fingerprint density at radius 1 is 1.24 bits per heavy atom. The Morgan fingerprint density at radius 2 is 1.88 bits per heavy atom. The van der Waals surface area contributed by atoms with Gasteiger partial charge in [0.1, 0.15) is 0 Å². The lowest BCUT2D eigenvalue weighted by atomic mass is 10.2. The summed E-state index contributed by atoms with van der Waals surface area (Å²) in [5, 5.41) is 12.4. The highest BCUT2D eigenvalue weighted by atomic mass is 32.2. The van der Waals surface area contributed by atoms with Gasteiger partial charge in [-0.25, -0.2) is 0 Å². The zero-order chi connectivity index (χ0) is 12.7. The molecular formula is C11H21N3S3. The molecule has 0 fully saturated rings. The van der Waals surface area contributed by atoms with Gasteiger partial charge in [-0.05, 0) is 19.1 Å². The Kier molecular flexibility index (Phi) is 7.50. The smallest absolute Gasteiger partial charge is 0.175 e. The van der Waals surface area contributed by atoms with Crippen LogP contribution in [0.25, 0.3) is 0 Å². The third-order valence-electron chi connectivity index (χ3n) is 2.54. The van der Waals surface area contributed by atoms with Crippen LogP contribution in [0.2, 0.25) is 0 Å². The normalized spacial score (nSPS) is 13.2. The predicted octanol–water partition coefficient (Wildman–Crippen LogP) is 3.52. The summed E-state index contributed by atoms with van der Waals surface area (Å²) in [6.07, 6.45) is 4.43. The summed E-state index contributed by atoms with van der Waals surface area (Å²) in [6, 6.07) is 0.647. The highest BCUT2D eigenvalue weighted by molar-refractivity contribution is 8.03. The van der Waals surface area contributed by atoms with Gasteiger partial charge in [0.05, 0.1) is 0 Å². The van der Waals surface area contributed by atoms with Gasteiger partial charge in [-0.3, -0.25) is 0 Å². The first kappa shape index (κ1) is 15.3. The molecule has 1 rings (SSSR count). The standard InChI is InChI=1S/C11H21N3S3/c1-5-9(6-2)12-7-8(3)16-11-14-13-10(15-4)17-11/h8-9,12H,5-7H2,1-4H3. The zero-order valence-electron chi connectivity index (χ0n) is 10.9. The van der Waals surface area contributed by atoms with E-state index in [9.17, 15) is 0 Å². The molecule has 0 radical (unpaired) electrons. The molecule has 0 aliphatic rings. The Bertz CT molecular complexity index is 313. The Balaban J connectivity index is 2.31. The van der Waals surface area contributed by atoms with E-state index in [0.29, 0.717) is 11.3 Å². The van der Waals surface area contributed by atoms with Crippen LogP contribution in [0.4, 0.5) is 0 Å². The van der Waals surface area contributed by atoms with Crippen molar-refractivity contribution in [3.8, 4) is 0 Å². The van der Waals surface area contributed by atoms with Crippen LogP contribution < -0.4 is 5.32 Å². The average Bonchev–Trinajstić information content (AvgIpc) is 2.78. The number of thioether (sulfide) groups is 2. The van der Waals surface area contributed by atoms with Crippen molar-refractivity contribution >= 4 is 34.9 Å². The lowest BCUT2D eigenvalue weighted by Crippen LogP contribution is -2.32. The van der Waals surface area contributed by atoms with Crippen LogP contribution >= 0.6 is 34.9 Å². The molecule has 17 heavy (non-hydrogen) atoms. The first-order chi connectivity index (χ1) is 8.19. The molecule has 0 amide bonds. The summed E-state index contributed by atoms with van der Waals surface area (Å²) in [5.41, 5.74) is 0. The molecule has 0 aliphatic carbocycles. The fourth-order valence-corrected chi connectivity index (χ4v) is 4.15. The summed E-state index contributed by atoms with van der Waals surface area (Å²) in [5.74, 6) is 0. The van der Waals surface area contributed by atoms with Crippen LogP contribution in [0, 0.1) is 0 Å². The molecule has 0 spiro atoms. The molecule has 1 heterocycles. The molecule has 0 saturated heterocycles. The van der Waals surface area contributed by atoms with Crippen LogP contribution in [-0.2, 0) is 0 Å². The maximum absolute atomic E-state index is 4.18. The Hall–Kier alpha value is 0.220. The van der Waals surface area contributed by atoms with E-state index < -0.39 is 0 Å². The number of nitrogens with one attached hydrogen (secondary N) is 1. The monoisotopic (exact) mass is 291 g/mol. The van der Waals surface area contributed by atoms with E-state index in [0.717, 1.165) is 15.2 Å². The van der Waals surface area contributed by atoms with Crippen molar-refractivity contribution in [1.82, 2.24) is 15.5 Å². The third-order valence-corrected chi connectivity index (χ3v) is 5.63. The largest absolute Gasteiger partial charge is 0.313 e. The molecule has 0 aliphatic heterocycles. The third kappa shape index (κ3) is 5.59. The maximum Gasteiger partial charge on any atom is 0.175 e. The minimum absolute atomic E-state index is 0.540. The molecule has 0 saturated carbocycles. The van der Waals surface area contributed by atoms with Crippen molar-refractivity contribution in [2.45, 2.75) is 53.6 Å². The first-order valence-corrected chi connectivity index (χ1v) is 8.89. The van der Waals surface area contributed by atoms with Gasteiger partial charge in [0.2, 0.25) is 0 Å². The summed E-state index contributed by atoms with van der Waals surface area (Å²) < 4.78 is 2.13. The van der Waals surface area contributed by atoms with Crippen LogP contribution in [0.15, 0.2) is 8.68 Å². The van der Waals surface area contributed by atoms with Crippen molar-refractivity contribution in [2.24, 2.45) is 0 Å². The van der Waals surface area contributed by atoms with Gasteiger partial charge >= 0.3 is 0 Å². The van der Waals surface area contributed by atoms with Gasteiger partial charge in [0.25, 0.3) is 0 Å². The van der Waals surface area contributed by atoms with E-state index in [1.165, 1.54) is 12.8 Å². The molecule has 3 nitrogen and oxygen atoms in total. The minimum Gasteiger partial charge on any atom is -0.313 e. The minimum atomic E-state index is 0.540. The lowest BCUT2D eigenvalue weighted by Gasteiger charge is -2.17. The van der Waals surface area contributed by atoms with E-state index in [1.807, 2.05) is 18.0 Å². The number of aromatic nitrogens is 2. The summed E-state index contributed by atoms with van der Waals surface area (Å²) in [7, 11) is 0. The Morgan fingerprint density at radius 3 is 2.41 bits per heavy atom. The van der Waals surface area contributed by atoms with Gasteiger partial charge in [-0.1, -0.05) is 55.6 Å². The van der Waals surface area contributed by atoms with Gasteiger partial charge in [-0.15, -0.1) is 10.2 Å². The van der Waals surface area contributed by atoms with Crippen LogP contribution in [0.3, 0.4) is 0 Å². The average molecular weight is 292 g/mol. The second kappa shape index (κ2) is 8.34. The molecule has 0 bridgehead atoms. The molecular weight excluding hydrogens is 270 g/mol. The van der Waals surface area contributed by atoms with Crippen molar-refractivity contribution < 1.29 is 0 Å². The predicted molar refractivity (Wildman–Crippen MR) is 79.4 cm³/mol. The number of nitrogens with zero attached hydrogens (tertiary/aromatic N) is 2. The van der Waals surface area contributed by atoms with Crippen LogP contribution in [0.5, 0.6) is 0 Å². The van der Waals surface area contributed by atoms with Crippen molar-refractivity contribution in [1.29, 1.82) is 0 Å². The van der Waals surface area contributed by atoms with E-state index in [4.69, 9.17) is 0 Å². The van der Waals surface area contributed by atoms with Crippen molar-refractivity contribution in [2.75, 3.05) is 12.8 Å². The molecule has 1 N–H and O–H groups in total. The van der Waals surface area contributed by atoms with Gasteiger partial charge in [-0.2, -0.15) is 0 Å². The van der Waals surface area contributed by atoms with Gasteiger partial charge < -0.3 is 5.32 Å². The number of hydrogen-bond donors (Lipinski definition) is 1. The molecule has 1 aromatic heterocycles. The molecule has 1 aromatic rings. The van der Waals surface area contributed by atoms with E-state index in [-0.39, 0.29) is 0 Å². The molecule has 6 heteroatoms. The van der Waals surface area contributed by atoms with Crippen molar-refractivity contribution in [3.63, 3.8) is 0 Å². The van der Waals surface area contributed by atoms with Crippen LogP contribution in [0.1, 0.15) is 33.6 Å². The Labute approximate surface area is 117 Å². The second-order valence-corrected chi connectivity index (χ2v) is 7.60. The van der Waals surface area contributed by atoms with E-state index >= 15 is 0 Å². The van der Waals surface area contributed by atoms with E-state index in [2.05, 4.69) is 36.3 Å². The topological polar surface area (TPSA) is 37.8 Å². The molecule has 1 atom stereocenters. The van der Waals surface area contributed by atoms with E-state index in [1.54, 1.807) is 23.1 Å².